The molecule has 0 radical (unpaired) electrons. The van der Waals surface area contributed by atoms with Crippen LogP contribution >= 0.6 is 15.9 Å². The van der Waals surface area contributed by atoms with Crippen LogP contribution in [0.3, 0.4) is 0 Å². The Bertz CT molecular complexity index is 1160. The van der Waals surface area contributed by atoms with E-state index in [1.807, 2.05) is 19.1 Å². The van der Waals surface area contributed by atoms with Crippen molar-refractivity contribution in [2.75, 3.05) is 12.4 Å². The molecule has 29 heavy (non-hydrogen) atoms. The molecule has 3 aromatic rings. The van der Waals surface area contributed by atoms with E-state index in [1.54, 1.807) is 31.3 Å². The van der Waals surface area contributed by atoms with Gasteiger partial charge in [0, 0.05) is 19.3 Å². The van der Waals surface area contributed by atoms with Crippen molar-refractivity contribution in [3.63, 3.8) is 0 Å². The lowest BCUT2D eigenvalue weighted by molar-refractivity contribution is 0.0964. The van der Waals surface area contributed by atoms with Gasteiger partial charge in [0.1, 0.15) is 10.3 Å². The van der Waals surface area contributed by atoms with Gasteiger partial charge in [0.25, 0.3) is 11.8 Å². The first-order valence-electron chi connectivity index (χ1n) is 8.61. The highest BCUT2D eigenvalue weighted by molar-refractivity contribution is 9.10. The third-order valence-corrected chi connectivity index (χ3v) is 4.66. The molecule has 9 heteroatoms. The van der Waals surface area contributed by atoms with Gasteiger partial charge in [-0.15, -0.1) is 0 Å². The Labute approximate surface area is 175 Å². The smallest absolute Gasteiger partial charge is 0.274 e. The molecule has 2 heterocycles. The maximum Gasteiger partial charge on any atom is 0.274 e. The number of carbonyl (C=O) groups excluding carboxylic acids is 2. The van der Waals surface area contributed by atoms with E-state index < -0.39 is 11.8 Å². The van der Waals surface area contributed by atoms with E-state index in [9.17, 15) is 14.9 Å². The average molecular weight is 453 g/mol. The number of rotatable bonds is 4. The second kappa shape index (κ2) is 8.24. The zero-order chi connectivity index (χ0) is 21.1. The fourth-order valence-electron chi connectivity index (χ4n) is 2.88. The van der Waals surface area contributed by atoms with E-state index in [1.165, 1.54) is 17.8 Å². The normalized spacial score (nSPS) is 10.3. The Morgan fingerprint density at radius 1 is 1.17 bits per heavy atom. The van der Waals surface area contributed by atoms with Crippen LogP contribution in [-0.4, -0.2) is 33.6 Å². The van der Waals surface area contributed by atoms with E-state index >= 15 is 0 Å². The minimum Gasteiger partial charge on any atom is -0.355 e. The van der Waals surface area contributed by atoms with Crippen molar-refractivity contribution in [2.24, 2.45) is 0 Å². The first-order valence-corrected chi connectivity index (χ1v) is 9.40. The van der Waals surface area contributed by atoms with Crippen LogP contribution in [0.5, 0.6) is 0 Å². The monoisotopic (exact) mass is 452 g/mol. The second-order valence-electron chi connectivity index (χ2n) is 6.27. The van der Waals surface area contributed by atoms with E-state index in [0.717, 1.165) is 5.56 Å². The van der Waals surface area contributed by atoms with E-state index in [4.69, 9.17) is 0 Å². The summed E-state index contributed by atoms with van der Waals surface area (Å²) in [6, 6.07) is 10.3. The minimum absolute atomic E-state index is 0.205. The highest BCUT2D eigenvalue weighted by Crippen LogP contribution is 2.25. The van der Waals surface area contributed by atoms with Crippen molar-refractivity contribution in [3.8, 4) is 11.9 Å². The molecule has 0 aliphatic rings. The molecule has 0 bridgehead atoms. The molecular weight excluding hydrogens is 436 g/mol. The lowest BCUT2D eigenvalue weighted by Crippen LogP contribution is -2.24. The third-order valence-electron chi connectivity index (χ3n) is 4.27. The number of nitriles is 1. The topological polar surface area (TPSA) is 113 Å². The van der Waals surface area contributed by atoms with Crippen molar-refractivity contribution in [1.82, 2.24) is 20.1 Å². The van der Waals surface area contributed by atoms with Gasteiger partial charge < -0.3 is 10.6 Å². The van der Waals surface area contributed by atoms with Crippen LogP contribution in [0.1, 0.15) is 37.5 Å². The van der Waals surface area contributed by atoms with Crippen LogP contribution < -0.4 is 10.6 Å². The second-order valence-corrected chi connectivity index (χ2v) is 7.08. The maximum atomic E-state index is 13.1. The molecule has 146 valence electrons. The molecule has 0 atom stereocenters. The number of pyridine rings is 1. The molecule has 0 aliphatic carbocycles. The SMILES string of the molecule is CNC(=O)c1cc(C#N)cc(C)c1NC(=O)c1cc(Br)nn1-c1ncccc1C. The highest BCUT2D eigenvalue weighted by atomic mass is 79.9. The number of aryl methyl sites for hydroxylation is 2. The van der Waals surface area contributed by atoms with Gasteiger partial charge in [0.05, 0.1) is 22.9 Å². The van der Waals surface area contributed by atoms with Crippen molar-refractivity contribution in [3.05, 3.63) is 69.1 Å². The van der Waals surface area contributed by atoms with Gasteiger partial charge in [-0.3, -0.25) is 9.59 Å². The number of anilines is 1. The Hall–Kier alpha value is -3.51. The number of halogens is 1. The maximum absolute atomic E-state index is 13.1. The Morgan fingerprint density at radius 2 is 1.93 bits per heavy atom. The van der Waals surface area contributed by atoms with Crippen LogP contribution in [0.25, 0.3) is 5.82 Å². The standard InChI is InChI=1S/C20H17BrN6O2/c1-11-5-4-6-24-18(11)27-15(9-16(21)26-27)20(29)25-17-12(2)7-13(10-22)8-14(17)19(28)23-3/h4-9H,1-3H3,(H,23,28)(H,25,29). The van der Waals surface area contributed by atoms with Gasteiger partial charge in [-0.1, -0.05) is 6.07 Å². The number of carbonyl (C=O) groups is 2. The lowest BCUT2D eigenvalue weighted by atomic mass is 10.0. The predicted molar refractivity (Wildman–Crippen MR) is 111 cm³/mol. The average Bonchev–Trinajstić information content (AvgIpc) is 3.10. The van der Waals surface area contributed by atoms with Crippen LogP contribution in [0.15, 0.2) is 41.1 Å². The molecule has 0 unspecified atom stereocenters. The minimum atomic E-state index is -0.466. The van der Waals surface area contributed by atoms with Gasteiger partial charge in [-0.2, -0.15) is 10.4 Å². The molecule has 3 rings (SSSR count). The highest BCUT2D eigenvalue weighted by Gasteiger charge is 2.22. The molecule has 0 aliphatic heterocycles. The van der Waals surface area contributed by atoms with Crippen molar-refractivity contribution < 1.29 is 9.59 Å². The molecule has 2 N–H and O–H groups in total. The van der Waals surface area contributed by atoms with Crippen molar-refractivity contribution in [2.45, 2.75) is 13.8 Å². The van der Waals surface area contributed by atoms with E-state index in [2.05, 4.69) is 36.6 Å². The summed E-state index contributed by atoms with van der Waals surface area (Å²) in [7, 11) is 1.48. The Balaban J connectivity index is 2.06. The number of benzene rings is 1. The van der Waals surface area contributed by atoms with Gasteiger partial charge in [0.2, 0.25) is 0 Å². The molecule has 2 amide bonds. The molecule has 1 aromatic carbocycles. The molecule has 8 nitrogen and oxygen atoms in total. The summed E-state index contributed by atoms with van der Waals surface area (Å²) in [5, 5.41) is 18.8. The first-order chi connectivity index (χ1) is 13.8. The van der Waals surface area contributed by atoms with Crippen LogP contribution in [0.2, 0.25) is 0 Å². The van der Waals surface area contributed by atoms with Gasteiger partial charge in [0.15, 0.2) is 5.82 Å². The van der Waals surface area contributed by atoms with Gasteiger partial charge in [-0.05, 0) is 59.1 Å². The van der Waals surface area contributed by atoms with Gasteiger partial charge >= 0.3 is 0 Å². The molecule has 0 spiro atoms. The largest absolute Gasteiger partial charge is 0.355 e. The fraction of sp³-hybridized carbons (Fsp3) is 0.150. The number of nitrogens with one attached hydrogen (secondary N) is 2. The van der Waals surface area contributed by atoms with Crippen molar-refractivity contribution >= 4 is 33.4 Å². The summed E-state index contributed by atoms with van der Waals surface area (Å²) < 4.78 is 1.91. The number of aromatic nitrogens is 3. The summed E-state index contributed by atoms with van der Waals surface area (Å²) in [4.78, 5) is 29.7. The number of amides is 2. The number of hydrogen-bond donors (Lipinski definition) is 2. The Morgan fingerprint density at radius 3 is 2.59 bits per heavy atom. The number of nitrogens with zero attached hydrogens (tertiary/aromatic N) is 4. The first kappa shape index (κ1) is 20.2. The summed E-state index contributed by atoms with van der Waals surface area (Å²) >= 11 is 3.30. The predicted octanol–water partition coefficient (Wildman–Crippen LogP) is 3.13. The summed E-state index contributed by atoms with van der Waals surface area (Å²) in [6.45, 7) is 3.59. The van der Waals surface area contributed by atoms with Crippen LogP contribution in [0, 0.1) is 25.2 Å². The summed E-state index contributed by atoms with van der Waals surface area (Å²) in [5.41, 5.74) is 2.54. The van der Waals surface area contributed by atoms with Crippen molar-refractivity contribution in [1.29, 1.82) is 5.26 Å². The summed E-state index contributed by atoms with van der Waals surface area (Å²) in [5.74, 6) is -0.353. The molecule has 0 fully saturated rings. The van der Waals surface area contributed by atoms with Gasteiger partial charge in [-0.25, -0.2) is 9.67 Å². The fourth-order valence-corrected chi connectivity index (χ4v) is 3.26. The lowest BCUT2D eigenvalue weighted by Gasteiger charge is -2.14. The third kappa shape index (κ3) is 4.02. The van der Waals surface area contributed by atoms with Crippen LogP contribution in [0.4, 0.5) is 5.69 Å². The quantitative estimate of drug-likeness (QED) is 0.631. The molecule has 0 saturated carbocycles. The van der Waals surface area contributed by atoms with Crippen LogP contribution in [-0.2, 0) is 0 Å². The molecule has 0 saturated heterocycles. The molecular formula is C20H17BrN6O2. The molecule has 2 aromatic heterocycles. The number of hydrogen-bond acceptors (Lipinski definition) is 5. The zero-order valence-electron chi connectivity index (χ0n) is 15.9. The van der Waals surface area contributed by atoms with E-state index in [-0.39, 0.29) is 11.3 Å². The Kier molecular flexibility index (Phi) is 5.75. The zero-order valence-corrected chi connectivity index (χ0v) is 17.5. The summed E-state index contributed by atoms with van der Waals surface area (Å²) in [6.07, 6.45) is 1.62. The van der Waals surface area contributed by atoms with E-state index in [0.29, 0.717) is 27.2 Å².